The lowest BCUT2D eigenvalue weighted by molar-refractivity contribution is 0.270. The number of aliphatic hydroxyl groups excluding tert-OH is 1. The molecule has 2 N–H and O–H groups in total. The van der Waals surface area contributed by atoms with Crippen molar-refractivity contribution < 1.29 is 5.11 Å². The van der Waals surface area contributed by atoms with Crippen molar-refractivity contribution in [2.45, 2.75) is 26.9 Å². The van der Waals surface area contributed by atoms with Gasteiger partial charge < -0.3 is 15.0 Å². The number of halogens is 1. The Morgan fingerprint density at radius 1 is 1.30 bits per heavy atom. The van der Waals surface area contributed by atoms with E-state index in [-0.39, 0.29) is 6.61 Å². The number of hydrogen-bond donors (Lipinski definition) is 2. The number of anilines is 1. The monoisotopic (exact) mass is 333 g/mol. The molecule has 0 fully saturated rings. The van der Waals surface area contributed by atoms with E-state index < -0.39 is 0 Å². The molecule has 7 heteroatoms. The van der Waals surface area contributed by atoms with Crippen molar-refractivity contribution in [2.75, 3.05) is 11.9 Å². The van der Waals surface area contributed by atoms with E-state index in [0.29, 0.717) is 18.1 Å². The van der Waals surface area contributed by atoms with Crippen LogP contribution in [0.5, 0.6) is 0 Å². The summed E-state index contributed by atoms with van der Waals surface area (Å²) in [7, 11) is 1.99. The fraction of sp³-hybridized carbons (Fsp3) is 0.375. The van der Waals surface area contributed by atoms with Gasteiger partial charge in [-0.2, -0.15) is 5.10 Å². The average molecular weight is 334 g/mol. The number of imidazole rings is 1. The van der Waals surface area contributed by atoms with Crippen molar-refractivity contribution in [1.29, 1.82) is 0 Å². The van der Waals surface area contributed by atoms with Crippen LogP contribution in [0.3, 0.4) is 0 Å². The minimum absolute atomic E-state index is 0.0556. The van der Waals surface area contributed by atoms with Gasteiger partial charge in [0.05, 0.1) is 36.4 Å². The molecule has 0 spiro atoms. The lowest BCUT2D eigenvalue weighted by atomic mass is 10.3. The number of hydrogen-bond acceptors (Lipinski definition) is 4. The van der Waals surface area contributed by atoms with Gasteiger partial charge in [-0.1, -0.05) is 11.6 Å². The molecule has 0 aliphatic heterocycles. The number of rotatable bonds is 5. The summed E-state index contributed by atoms with van der Waals surface area (Å²) < 4.78 is 3.85. The third kappa shape index (κ3) is 2.92. The van der Waals surface area contributed by atoms with Gasteiger partial charge in [0.15, 0.2) is 0 Å². The fourth-order valence-electron chi connectivity index (χ4n) is 2.70. The maximum Gasteiger partial charge on any atom is 0.129 e. The summed E-state index contributed by atoms with van der Waals surface area (Å²) in [6, 6.07) is 5.71. The predicted octanol–water partition coefficient (Wildman–Crippen LogP) is 2.64. The Bertz CT molecular complexity index is 852. The van der Waals surface area contributed by atoms with Gasteiger partial charge in [0.25, 0.3) is 0 Å². The molecule has 0 saturated carbocycles. The first-order valence-electron chi connectivity index (χ1n) is 7.51. The van der Waals surface area contributed by atoms with Crippen LogP contribution in [0.25, 0.3) is 11.0 Å². The second-order valence-electron chi connectivity index (χ2n) is 5.58. The number of fused-ring (bicyclic) bond motifs is 1. The first kappa shape index (κ1) is 15.8. The van der Waals surface area contributed by atoms with Crippen LogP contribution in [0.4, 0.5) is 5.82 Å². The zero-order chi connectivity index (χ0) is 16.6. The second kappa shape index (κ2) is 6.22. The van der Waals surface area contributed by atoms with Crippen molar-refractivity contribution in [1.82, 2.24) is 19.3 Å². The lowest BCUT2D eigenvalue weighted by Crippen LogP contribution is -2.12. The van der Waals surface area contributed by atoms with E-state index in [9.17, 15) is 5.11 Å². The van der Waals surface area contributed by atoms with E-state index >= 15 is 0 Å². The molecule has 0 aliphatic rings. The smallest absolute Gasteiger partial charge is 0.129 e. The summed E-state index contributed by atoms with van der Waals surface area (Å²) in [5, 5.41) is 17.7. The largest absolute Gasteiger partial charge is 0.394 e. The third-order valence-corrected chi connectivity index (χ3v) is 4.32. The van der Waals surface area contributed by atoms with Crippen LogP contribution >= 0.6 is 11.6 Å². The molecule has 0 atom stereocenters. The Balaban J connectivity index is 1.88. The average Bonchev–Trinajstić information content (AvgIpc) is 2.96. The van der Waals surface area contributed by atoms with Crippen LogP contribution in [0.1, 0.15) is 17.1 Å². The number of benzene rings is 1. The van der Waals surface area contributed by atoms with E-state index in [4.69, 9.17) is 11.6 Å². The summed E-state index contributed by atoms with van der Waals surface area (Å²) in [6.45, 7) is 5.08. The van der Waals surface area contributed by atoms with Gasteiger partial charge in [-0.15, -0.1) is 0 Å². The number of nitrogens with zero attached hydrogens (tertiary/aromatic N) is 4. The van der Waals surface area contributed by atoms with Crippen LogP contribution < -0.4 is 5.32 Å². The van der Waals surface area contributed by atoms with E-state index in [2.05, 4.69) is 15.4 Å². The quantitative estimate of drug-likeness (QED) is 0.753. The summed E-state index contributed by atoms with van der Waals surface area (Å²) in [5.41, 5.74) is 3.97. The van der Waals surface area contributed by atoms with Crippen LogP contribution in [0.2, 0.25) is 5.02 Å². The van der Waals surface area contributed by atoms with Gasteiger partial charge in [-0.05, 0) is 32.0 Å². The molecule has 2 heterocycles. The first-order valence-corrected chi connectivity index (χ1v) is 7.88. The first-order chi connectivity index (χ1) is 11.0. The molecule has 0 saturated heterocycles. The molecule has 6 nitrogen and oxygen atoms in total. The van der Waals surface area contributed by atoms with Crippen LogP contribution in [0, 0.1) is 13.8 Å². The maximum absolute atomic E-state index is 9.18. The van der Waals surface area contributed by atoms with Crippen LogP contribution in [0.15, 0.2) is 18.2 Å². The Labute approximate surface area is 139 Å². The summed E-state index contributed by atoms with van der Waals surface area (Å²) in [5.74, 6) is 1.83. The number of aliphatic hydroxyl groups is 1. The van der Waals surface area contributed by atoms with Gasteiger partial charge in [0, 0.05) is 17.6 Å². The highest BCUT2D eigenvalue weighted by atomic mass is 35.5. The van der Waals surface area contributed by atoms with Gasteiger partial charge in [0.2, 0.25) is 0 Å². The molecule has 0 amide bonds. The molecular formula is C16H20ClN5O. The van der Waals surface area contributed by atoms with Gasteiger partial charge in [0.1, 0.15) is 11.6 Å². The molecule has 0 bridgehead atoms. The molecule has 122 valence electrons. The van der Waals surface area contributed by atoms with Crippen molar-refractivity contribution in [3.05, 3.63) is 40.3 Å². The molecule has 2 aromatic heterocycles. The van der Waals surface area contributed by atoms with Crippen molar-refractivity contribution in [3.8, 4) is 0 Å². The van der Waals surface area contributed by atoms with Gasteiger partial charge >= 0.3 is 0 Å². The Hall–Kier alpha value is -2.05. The summed E-state index contributed by atoms with van der Waals surface area (Å²) >= 11 is 6.03. The highest BCUT2D eigenvalue weighted by Gasteiger charge is 2.13. The zero-order valence-electron chi connectivity index (χ0n) is 13.5. The highest BCUT2D eigenvalue weighted by Crippen LogP contribution is 2.22. The number of aryl methyl sites for hydroxylation is 2. The maximum atomic E-state index is 9.18. The molecule has 0 radical (unpaired) electrons. The normalized spacial score (nSPS) is 11.3. The molecule has 3 rings (SSSR count). The fourth-order valence-corrected chi connectivity index (χ4v) is 2.86. The second-order valence-corrected chi connectivity index (χ2v) is 6.02. The zero-order valence-corrected chi connectivity index (χ0v) is 14.2. The van der Waals surface area contributed by atoms with Crippen molar-refractivity contribution in [3.63, 3.8) is 0 Å². The van der Waals surface area contributed by atoms with Gasteiger partial charge in [-0.3, -0.25) is 0 Å². The van der Waals surface area contributed by atoms with E-state index in [1.165, 1.54) is 0 Å². The summed E-state index contributed by atoms with van der Waals surface area (Å²) in [4.78, 5) is 4.64. The van der Waals surface area contributed by atoms with E-state index in [1.807, 2.05) is 43.7 Å². The lowest BCUT2D eigenvalue weighted by Gasteiger charge is -2.10. The Kier molecular flexibility index (Phi) is 4.28. The molecule has 0 unspecified atom stereocenters. The number of aromatic nitrogens is 4. The third-order valence-electron chi connectivity index (χ3n) is 4.09. The Morgan fingerprint density at radius 2 is 2.09 bits per heavy atom. The minimum atomic E-state index is 0.0556. The standard InChI is InChI=1S/C16H20ClN5O/c1-10-11(2)20-22(6-7-23)16(10)18-9-15-19-13-8-12(17)4-5-14(13)21(15)3/h4-5,8,18,23H,6-7,9H2,1-3H3. The van der Waals surface area contributed by atoms with E-state index in [1.54, 1.807) is 4.68 Å². The molecule has 0 aliphatic carbocycles. The van der Waals surface area contributed by atoms with Crippen LogP contribution in [-0.2, 0) is 20.1 Å². The van der Waals surface area contributed by atoms with E-state index in [0.717, 1.165) is 33.9 Å². The highest BCUT2D eigenvalue weighted by molar-refractivity contribution is 6.31. The Morgan fingerprint density at radius 3 is 2.83 bits per heavy atom. The molecule has 3 aromatic rings. The topological polar surface area (TPSA) is 67.9 Å². The molecular weight excluding hydrogens is 314 g/mol. The van der Waals surface area contributed by atoms with Crippen LogP contribution in [-0.4, -0.2) is 31.0 Å². The molecule has 23 heavy (non-hydrogen) atoms. The SMILES string of the molecule is Cc1nn(CCO)c(NCc2nc3cc(Cl)ccc3n2C)c1C. The van der Waals surface area contributed by atoms with Crippen molar-refractivity contribution >= 4 is 28.5 Å². The minimum Gasteiger partial charge on any atom is -0.394 e. The van der Waals surface area contributed by atoms with Gasteiger partial charge in [-0.25, -0.2) is 9.67 Å². The molecule has 1 aromatic carbocycles. The number of nitrogens with one attached hydrogen (secondary N) is 1. The summed E-state index contributed by atoms with van der Waals surface area (Å²) in [6.07, 6.45) is 0. The van der Waals surface area contributed by atoms with Crippen molar-refractivity contribution in [2.24, 2.45) is 7.05 Å². The predicted molar refractivity (Wildman–Crippen MR) is 91.8 cm³/mol.